The highest BCUT2D eigenvalue weighted by atomic mass is 19.1. The number of anilines is 1. The molecule has 0 aliphatic carbocycles. The van der Waals surface area contributed by atoms with Crippen LogP contribution in [0.15, 0.2) is 84.6 Å². The molecule has 1 aromatic heterocycles. The Balaban J connectivity index is 1.77. The number of amides is 1. The fourth-order valence-corrected chi connectivity index (χ4v) is 4.26. The standard InChI is InChI=1S/C26H19FN2O4/c1-33-18-9-4-6-15(12-18)23-22(24(30)20-14-28-21-11-3-2-10-19(20)21)25(31)26(32)29(23)17-8-5-7-16(27)13-17/h2-14,23,28,30H,1H3/b24-22-. The summed E-state index contributed by atoms with van der Waals surface area (Å²) < 4.78 is 19.4. The van der Waals surface area contributed by atoms with Crippen LogP contribution in [0.4, 0.5) is 10.1 Å². The number of ether oxygens (including phenoxy) is 1. The molecule has 1 aliphatic heterocycles. The molecule has 0 saturated carbocycles. The third kappa shape index (κ3) is 3.34. The van der Waals surface area contributed by atoms with E-state index in [-0.39, 0.29) is 17.0 Å². The van der Waals surface area contributed by atoms with E-state index >= 15 is 0 Å². The van der Waals surface area contributed by atoms with Crippen molar-refractivity contribution in [3.63, 3.8) is 0 Å². The van der Waals surface area contributed by atoms with E-state index in [9.17, 15) is 19.1 Å². The van der Waals surface area contributed by atoms with Gasteiger partial charge >= 0.3 is 0 Å². The van der Waals surface area contributed by atoms with Crippen LogP contribution in [0.2, 0.25) is 0 Å². The second kappa shape index (κ2) is 7.94. The number of methoxy groups -OCH3 is 1. The van der Waals surface area contributed by atoms with Crippen LogP contribution < -0.4 is 9.64 Å². The first-order valence-electron chi connectivity index (χ1n) is 10.3. The van der Waals surface area contributed by atoms with Gasteiger partial charge in [0.1, 0.15) is 17.3 Å². The van der Waals surface area contributed by atoms with Crippen molar-refractivity contribution in [3.05, 3.63) is 102 Å². The van der Waals surface area contributed by atoms with Crippen LogP contribution in [0.3, 0.4) is 0 Å². The first kappa shape index (κ1) is 20.5. The number of ketones is 1. The highest BCUT2D eigenvalue weighted by Crippen LogP contribution is 2.43. The summed E-state index contributed by atoms with van der Waals surface area (Å²) >= 11 is 0. The van der Waals surface area contributed by atoms with Crippen LogP contribution >= 0.6 is 0 Å². The third-order valence-corrected chi connectivity index (χ3v) is 5.78. The van der Waals surface area contributed by atoms with E-state index in [1.807, 2.05) is 24.3 Å². The van der Waals surface area contributed by atoms with Crippen molar-refractivity contribution in [2.45, 2.75) is 6.04 Å². The molecule has 1 saturated heterocycles. The predicted molar refractivity (Wildman–Crippen MR) is 122 cm³/mol. The molecule has 3 aromatic carbocycles. The van der Waals surface area contributed by atoms with Gasteiger partial charge in [-0.2, -0.15) is 0 Å². The summed E-state index contributed by atoms with van der Waals surface area (Å²) in [5, 5.41) is 12.0. The Morgan fingerprint density at radius 1 is 1.03 bits per heavy atom. The summed E-state index contributed by atoms with van der Waals surface area (Å²) in [6, 6.07) is 18.7. The topological polar surface area (TPSA) is 82.6 Å². The SMILES string of the molecule is COc1cccc(C2/C(=C(/O)c3c[nH]c4ccccc34)C(=O)C(=O)N2c2cccc(F)c2)c1. The number of aliphatic hydroxyl groups excluding tert-OH is 1. The number of Topliss-reactive ketones (excluding diaryl/α,β-unsaturated/α-hetero) is 1. The second-order valence-electron chi connectivity index (χ2n) is 7.67. The van der Waals surface area contributed by atoms with Crippen molar-refractivity contribution in [1.29, 1.82) is 0 Å². The molecule has 1 atom stereocenters. The molecule has 2 N–H and O–H groups in total. The molecular weight excluding hydrogens is 423 g/mol. The van der Waals surface area contributed by atoms with Crippen LogP contribution in [0, 0.1) is 5.82 Å². The van der Waals surface area contributed by atoms with E-state index in [1.54, 1.807) is 36.5 Å². The van der Waals surface area contributed by atoms with Gasteiger partial charge in [-0.05, 0) is 42.0 Å². The molecule has 0 radical (unpaired) electrons. The van der Waals surface area contributed by atoms with Crippen molar-refractivity contribution < 1.29 is 23.8 Å². The number of carbonyl (C=O) groups excluding carboxylic acids is 2. The van der Waals surface area contributed by atoms with Gasteiger partial charge < -0.3 is 14.8 Å². The molecule has 0 spiro atoms. The van der Waals surface area contributed by atoms with Gasteiger partial charge in [-0.25, -0.2) is 4.39 Å². The summed E-state index contributed by atoms with van der Waals surface area (Å²) in [5.41, 5.74) is 1.84. The molecular formula is C26H19FN2O4. The van der Waals surface area contributed by atoms with Crippen molar-refractivity contribution in [2.75, 3.05) is 12.0 Å². The number of aromatic amines is 1. The number of hydrogen-bond acceptors (Lipinski definition) is 4. The average Bonchev–Trinajstić information content (AvgIpc) is 3.38. The Labute approximate surface area is 188 Å². The number of aromatic nitrogens is 1. The van der Waals surface area contributed by atoms with E-state index in [4.69, 9.17) is 4.74 Å². The summed E-state index contributed by atoms with van der Waals surface area (Å²) in [5.74, 6) is -2.04. The van der Waals surface area contributed by atoms with Crippen LogP contribution in [0.25, 0.3) is 16.7 Å². The molecule has 6 nitrogen and oxygen atoms in total. The molecule has 5 rings (SSSR count). The van der Waals surface area contributed by atoms with Gasteiger partial charge in [-0.15, -0.1) is 0 Å². The summed E-state index contributed by atoms with van der Waals surface area (Å²) in [6.45, 7) is 0. The van der Waals surface area contributed by atoms with Crippen molar-refractivity contribution in [1.82, 2.24) is 4.98 Å². The molecule has 164 valence electrons. The Morgan fingerprint density at radius 2 is 1.82 bits per heavy atom. The minimum Gasteiger partial charge on any atom is -0.507 e. The van der Waals surface area contributed by atoms with Gasteiger partial charge in [0, 0.05) is 28.4 Å². The van der Waals surface area contributed by atoms with Gasteiger partial charge in [0.25, 0.3) is 11.7 Å². The fourth-order valence-electron chi connectivity index (χ4n) is 4.26. The molecule has 1 amide bonds. The van der Waals surface area contributed by atoms with Gasteiger partial charge in [-0.1, -0.05) is 36.4 Å². The summed E-state index contributed by atoms with van der Waals surface area (Å²) in [7, 11) is 1.51. The number of rotatable bonds is 4. The number of benzene rings is 3. The lowest BCUT2D eigenvalue weighted by Crippen LogP contribution is -2.29. The highest BCUT2D eigenvalue weighted by Gasteiger charge is 2.47. The first-order valence-corrected chi connectivity index (χ1v) is 10.3. The molecule has 33 heavy (non-hydrogen) atoms. The molecule has 4 aromatic rings. The normalized spacial score (nSPS) is 17.6. The van der Waals surface area contributed by atoms with Gasteiger partial charge in [0.2, 0.25) is 0 Å². The van der Waals surface area contributed by atoms with E-state index in [0.29, 0.717) is 22.3 Å². The highest BCUT2D eigenvalue weighted by molar-refractivity contribution is 6.51. The number of fused-ring (bicyclic) bond motifs is 1. The lowest BCUT2D eigenvalue weighted by molar-refractivity contribution is -0.132. The maximum Gasteiger partial charge on any atom is 0.300 e. The smallest absolute Gasteiger partial charge is 0.300 e. The van der Waals surface area contributed by atoms with Crippen LogP contribution in [0.1, 0.15) is 17.2 Å². The van der Waals surface area contributed by atoms with Crippen LogP contribution in [-0.2, 0) is 9.59 Å². The molecule has 1 unspecified atom stereocenters. The van der Waals surface area contributed by atoms with Gasteiger partial charge in [-0.3, -0.25) is 14.5 Å². The van der Waals surface area contributed by atoms with Gasteiger partial charge in [0.15, 0.2) is 0 Å². The number of H-pyrrole nitrogens is 1. The quantitative estimate of drug-likeness (QED) is 0.266. The van der Waals surface area contributed by atoms with Crippen LogP contribution in [0.5, 0.6) is 5.75 Å². The van der Waals surface area contributed by atoms with E-state index in [1.165, 1.54) is 30.2 Å². The molecule has 2 heterocycles. The number of hydrogen-bond donors (Lipinski definition) is 2. The zero-order chi connectivity index (χ0) is 23.1. The minimum absolute atomic E-state index is 0.0812. The number of nitrogens with one attached hydrogen (secondary N) is 1. The Kier molecular flexibility index (Phi) is 4.94. The van der Waals surface area contributed by atoms with E-state index < -0.39 is 23.5 Å². The molecule has 1 fully saturated rings. The number of halogens is 1. The monoisotopic (exact) mass is 442 g/mol. The maximum atomic E-state index is 14.0. The fraction of sp³-hybridized carbons (Fsp3) is 0.0769. The van der Waals surface area contributed by atoms with Crippen LogP contribution in [-0.4, -0.2) is 28.9 Å². The number of para-hydroxylation sites is 1. The predicted octanol–water partition coefficient (Wildman–Crippen LogP) is 4.94. The van der Waals surface area contributed by atoms with Crippen molar-refractivity contribution in [3.8, 4) is 5.75 Å². The van der Waals surface area contributed by atoms with E-state index in [2.05, 4.69) is 4.98 Å². The zero-order valence-corrected chi connectivity index (χ0v) is 17.6. The molecule has 1 aliphatic rings. The lowest BCUT2D eigenvalue weighted by atomic mass is 9.95. The Hall–Kier alpha value is -4.39. The number of aliphatic hydroxyl groups is 1. The molecule has 7 heteroatoms. The van der Waals surface area contributed by atoms with E-state index in [0.717, 1.165) is 5.52 Å². The summed E-state index contributed by atoms with van der Waals surface area (Å²) in [6.07, 6.45) is 1.60. The van der Waals surface area contributed by atoms with Gasteiger partial charge in [0.05, 0.1) is 18.7 Å². The number of nitrogens with zero attached hydrogens (tertiary/aromatic N) is 1. The average molecular weight is 442 g/mol. The maximum absolute atomic E-state index is 14.0. The first-order chi connectivity index (χ1) is 16.0. The Morgan fingerprint density at radius 3 is 2.61 bits per heavy atom. The number of carbonyl (C=O) groups is 2. The largest absolute Gasteiger partial charge is 0.507 e. The van der Waals surface area contributed by atoms with Crippen molar-refractivity contribution in [2.24, 2.45) is 0 Å². The second-order valence-corrected chi connectivity index (χ2v) is 7.67. The van der Waals surface area contributed by atoms with Crippen molar-refractivity contribution >= 4 is 34.0 Å². The third-order valence-electron chi connectivity index (χ3n) is 5.78. The summed E-state index contributed by atoms with van der Waals surface area (Å²) in [4.78, 5) is 30.7. The lowest BCUT2D eigenvalue weighted by Gasteiger charge is -2.25. The molecule has 0 bridgehead atoms. The zero-order valence-electron chi connectivity index (χ0n) is 17.6. The minimum atomic E-state index is -0.976. The Bertz CT molecular complexity index is 1440.